The average molecular weight is 532 g/mol. The average Bonchev–Trinajstić information content (AvgIpc) is 2.78. The van der Waals surface area contributed by atoms with Crippen molar-refractivity contribution in [1.29, 1.82) is 0 Å². The molecule has 0 N–H and O–H groups in total. The summed E-state index contributed by atoms with van der Waals surface area (Å²) in [5, 5.41) is 0. The van der Waals surface area contributed by atoms with Crippen LogP contribution in [0.25, 0.3) is 0 Å². The number of hydrogen-bond acceptors (Lipinski definition) is 6. The van der Waals surface area contributed by atoms with Gasteiger partial charge in [-0.15, -0.1) is 0 Å². The Kier molecular flexibility index (Phi) is 7.18. The SMILES string of the molecule is CON(C)S(=O)(=O)c1cccc(C(=O)N2CCN(S(=O)(=O)c3ccccc3Br)CC2)c1. The van der Waals surface area contributed by atoms with Crippen LogP contribution < -0.4 is 0 Å². The van der Waals surface area contributed by atoms with Gasteiger partial charge in [0.25, 0.3) is 15.9 Å². The van der Waals surface area contributed by atoms with Crippen molar-refractivity contribution in [3.63, 3.8) is 0 Å². The van der Waals surface area contributed by atoms with E-state index in [1.54, 1.807) is 18.2 Å². The second-order valence-corrected chi connectivity index (χ2v) is 11.4. The van der Waals surface area contributed by atoms with E-state index in [0.717, 1.165) is 0 Å². The van der Waals surface area contributed by atoms with Gasteiger partial charge in [0.1, 0.15) is 0 Å². The topological polar surface area (TPSA) is 104 Å². The van der Waals surface area contributed by atoms with Gasteiger partial charge in [-0.05, 0) is 46.3 Å². The number of carbonyl (C=O) groups excluding carboxylic acids is 1. The minimum absolute atomic E-state index is 0.0714. The minimum Gasteiger partial charge on any atom is -0.336 e. The predicted molar refractivity (Wildman–Crippen MR) is 117 cm³/mol. The zero-order valence-electron chi connectivity index (χ0n) is 16.9. The number of benzene rings is 2. The fourth-order valence-corrected chi connectivity index (χ4v) is 6.55. The molecule has 0 atom stereocenters. The summed E-state index contributed by atoms with van der Waals surface area (Å²) in [4.78, 5) is 19.3. The smallest absolute Gasteiger partial charge is 0.264 e. The fourth-order valence-electron chi connectivity index (χ4n) is 3.14. The van der Waals surface area contributed by atoms with Gasteiger partial charge in [0.15, 0.2) is 0 Å². The number of sulfonamides is 2. The van der Waals surface area contributed by atoms with Gasteiger partial charge < -0.3 is 4.90 Å². The molecule has 1 aliphatic heterocycles. The number of carbonyl (C=O) groups is 1. The molecule has 1 aliphatic rings. The highest BCUT2D eigenvalue weighted by Crippen LogP contribution is 2.26. The summed E-state index contributed by atoms with van der Waals surface area (Å²) in [6, 6.07) is 12.3. The maximum absolute atomic E-state index is 12.9. The minimum atomic E-state index is -3.89. The highest BCUT2D eigenvalue weighted by atomic mass is 79.9. The number of piperazine rings is 1. The van der Waals surface area contributed by atoms with Crippen LogP contribution in [0, 0.1) is 0 Å². The third-order valence-corrected chi connectivity index (χ3v) is 9.54. The van der Waals surface area contributed by atoms with Crippen LogP contribution >= 0.6 is 15.9 Å². The first-order valence-electron chi connectivity index (χ1n) is 9.26. The van der Waals surface area contributed by atoms with Crippen LogP contribution in [0.15, 0.2) is 62.8 Å². The molecule has 0 radical (unpaired) electrons. The molecule has 2 aromatic rings. The van der Waals surface area contributed by atoms with E-state index in [1.165, 1.54) is 53.7 Å². The Morgan fingerprint density at radius 3 is 2.26 bits per heavy atom. The lowest BCUT2D eigenvalue weighted by Gasteiger charge is -2.34. The Bertz CT molecular complexity index is 1180. The first kappa shape index (κ1) is 23.8. The van der Waals surface area contributed by atoms with E-state index in [1.807, 2.05) is 0 Å². The Hall–Kier alpha value is -1.83. The second kappa shape index (κ2) is 9.35. The standard InChI is InChI=1S/C19H22BrN3O6S2/c1-21(29-2)30(25,26)16-7-5-6-15(14-16)19(24)22-10-12-23(13-11-22)31(27,28)18-9-4-3-8-17(18)20/h3-9,14H,10-13H2,1-2H3. The number of hydroxylamine groups is 1. The molecule has 2 aromatic carbocycles. The molecule has 9 nitrogen and oxygen atoms in total. The number of amides is 1. The Morgan fingerprint density at radius 1 is 1.00 bits per heavy atom. The van der Waals surface area contributed by atoms with Gasteiger partial charge >= 0.3 is 0 Å². The molecule has 1 fully saturated rings. The van der Waals surface area contributed by atoms with E-state index in [0.29, 0.717) is 8.94 Å². The van der Waals surface area contributed by atoms with Gasteiger partial charge in [-0.1, -0.05) is 22.7 Å². The van der Waals surface area contributed by atoms with Gasteiger partial charge in [-0.3, -0.25) is 9.63 Å². The lowest BCUT2D eigenvalue weighted by Crippen LogP contribution is -2.50. The van der Waals surface area contributed by atoms with Crippen LogP contribution in [-0.2, 0) is 24.9 Å². The third kappa shape index (κ3) is 4.83. The first-order chi connectivity index (χ1) is 14.6. The van der Waals surface area contributed by atoms with Crippen molar-refractivity contribution in [2.45, 2.75) is 9.79 Å². The first-order valence-corrected chi connectivity index (χ1v) is 12.9. The Morgan fingerprint density at radius 2 is 1.65 bits per heavy atom. The van der Waals surface area contributed by atoms with Crippen molar-refractivity contribution in [3.05, 3.63) is 58.6 Å². The Labute approximate surface area is 190 Å². The molecule has 1 amide bonds. The number of halogens is 1. The van der Waals surface area contributed by atoms with Gasteiger partial charge in [0, 0.05) is 43.3 Å². The number of nitrogens with zero attached hydrogens (tertiary/aromatic N) is 3. The summed E-state index contributed by atoms with van der Waals surface area (Å²) in [5.41, 5.74) is 0.202. The predicted octanol–water partition coefficient (Wildman–Crippen LogP) is 1.78. The van der Waals surface area contributed by atoms with Crippen molar-refractivity contribution < 1.29 is 26.5 Å². The highest BCUT2D eigenvalue weighted by molar-refractivity contribution is 9.10. The van der Waals surface area contributed by atoms with Crippen LogP contribution in [0.2, 0.25) is 0 Å². The largest absolute Gasteiger partial charge is 0.336 e. The molecule has 12 heteroatoms. The molecule has 1 heterocycles. The molecule has 0 aliphatic carbocycles. The Balaban J connectivity index is 1.74. The van der Waals surface area contributed by atoms with E-state index in [9.17, 15) is 21.6 Å². The molecule has 168 valence electrons. The van der Waals surface area contributed by atoms with E-state index >= 15 is 0 Å². The summed E-state index contributed by atoms with van der Waals surface area (Å²) < 4.78 is 53.2. The fraction of sp³-hybridized carbons (Fsp3) is 0.316. The molecule has 0 unspecified atom stereocenters. The quantitative estimate of drug-likeness (QED) is 0.526. The van der Waals surface area contributed by atoms with Gasteiger partial charge in [0.05, 0.1) is 16.9 Å². The lowest BCUT2D eigenvalue weighted by molar-refractivity contribution is -0.0258. The summed E-state index contributed by atoms with van der Waals surface area (Å²) in [6.45, 7) is 0.661. The maximum atomic E-state index is 12.9. The summed E-state index contributed by atoms with van der Waals surface area (Å²) >= 11 is 3.27. The van der Waals surface area contributed by atoms with Crippen LogP contribution in [-0.4, -0.2) is 76.8 Å². The normalized spacial score (nSPS) is 15.9. The number of hydrogen-bond donors (Lipinski definition) is 0. The molecule has 31 heavy (non-hydrogen) atoms. The molecular formula is C19H22BrN3O6S2. The van der Waals surface area contributed by atoms with Crippen molar-refractivity contribution in [1.82, 2.24) is 13.7 Å². The lowest BCUT2D eigenvalue weighted by atomic mass is 10.2. The molecule has 0 saturated carbocycles. The van der Waals surface area contributed by atoms with Crippen LogP contribution in [0.3, 0.4) is 0 Å². The molecular weight excluding hydrogens is 510 g/mol. The van der Waals surface area contributed by atoms with Crippen molar-refractivity contribution in [3.8, 4) is 0 Å². The summed E-state index contributed by atoms with van der Waals surface area (Å²) in [7, 11) is -5.10. The van der Waals surface area contributed by atoms with Gasteiger partial charge in [-0.25, -0.2) is 16.8 Å². The monoisotopic (exact) mass is 531 g/mol. The summed E-state index contributed by atoms with van der Waals surface area (Å²) in [6.07, 6.45) is 0. The van der Waals surface area contributed by atoms with Gasteiger partial charge in [-0.2, -0.15) is 4.31 Å². The van der Waals surface area contributed by atoms with Crippen LogP contribution in [0.5, 0.6) is 0 Å². The second-order valence-electron chi connectivity index (χ2n) is 6.75. The van der Waals surface area contributed by atoms with Crippen molar-refractivity contribution in [2.75, 3.05) is 40.3 Å². The van der Waals surface area contributed by atoms with E-state index < -0.39 is 20.0 Å². The van der Waals surface area contributed by atoms with Crippen molar-refractivity contribution >= 4 is 41.9 Å². The number of rotatable bonds is 6. The van der Waals surface area contributed by atoms with E-state index in [2.05, 4.69) is 15.9 Å². The summed E-state index contributed by atoms with van der Waals surface area (Å²) in [5.74, 6) is -0.366. The third-order valence-electron chi connectivity index (χ3n) is 4.95. The van der Waals surface area contributed by atoms with Crippen LogP contribution in [0.4, 0.5) is 0 Å². The maximum Gasteiger partial charge on any atom is 0.264 e. The molecule has 0 spiro atoms. The van der Waals surface area contributed by atoms with Crippen LogP contribution in [0.1, 0.15) is 10.4 Å². The zero-order valence-corrected chi connectivity index (χ0v) is 20.2. The molecule has 3 rings (SSSR count). The molecule has 0 aromatic heterocycles. The van der Waals surface area contributed by atoms with Crippen molar-refractivity contribution in [2.24, 2.45) is 0 Å². The highest BCUT2D eigenvalue weighted by Gasteiger charge is 2.32. The molecule has 1 saturated heterocycles. The van der Waals surface area contributed by atoms with E-state index in [-0.39, 0.29) is 47.4 Å². The molecule has 0 bridgehead atoms. The van der Waals surface area contributed by atoms with E-state index in [4.69, 9.17) is 4.84 Å². The zero-order chi connectivity index (χ0) is 22.8. The van der Waals surface area contributed by atoms with Gasteiger partial charge in [0.2, 0.25) is 10.0 Å².